The third kappa shape index (κ3) is 11.4. The summed E-state index contributed by atoms with van der Waals surface area (Å²) in [5.41, 5.74) is 0. The molecule has 0 saturated heterocycles. The van der Waals surface area contributed by atoms with Crippen molar-refractivity contribution in [1.82, 2.24) is 0 Å². The molecular formula is C14H26N2O2. The molecule has 0 saturated carbocycles. The van der Waals surface area contributed by atoms with Crippen LogP contribution in [0.15, 0.2) is 0 Å². The first-order valence-corrected chi connectivity index (χ1v) is 6.72. The lowest BCUT2D eigenvalue weighted by atomic mass is 9.99. The van der Waals surface area contributed by atoms with E-state index >= 15 is 0 Å². The van der Waals surface area contributed by atoms with Crippen LogP contribution in [0.3, 0.4) is 0 Å². The van der Waals surface area contributed by atoms with Gasteiger partial charge in [0.15, 0.2) is 18.4 Å². The van der Waals surface area contributed by atoms with Gasteiger partial charge in [-0.05, 0) is 26.7 Å². The molecule has 0 aliphatic heterocycles. The van der Waals surface area contributed by atoms with E-state index in [0.717, 1.165) is 19.6 Å². The number of nitrogens with zero attached hydrogens (tertiary/aromatic N) is 2. The highest BCUT2D eigenvalue weighted by atomic mass is 16.7. The van der Waals surface area contributed by atoms with Crippen molar-refractivity contribution in [2.45, 2.75) is 59.7 Å². The minimum atomic E-state index is 0.0153. The van der Waals surface area contributed by atoms with Crippen molar-refractivity contribution in [2.75, 3.05) is 13.2 Å². The van der Waals surface area contributed by atoms with Crippen molar-refractivity contribution in [3.05, 3.63) is 0 Å². The zero-order chi connectivity index (χ0) is 14.2. The second-order valence-corrected chi connectivity index (χ2v) is 3.81. The molecule has 18 heavy (non-hydrogen) atoms. The van der Waals surface area contributed by atoms with Crippen LogP contribution in [0.1, 0.15) is 53.4 Å². The molecule has 0 fully saturated rings. The van der Waals surface area contributed by atoms with Gasteiger partial charge in [0, 0.05) is 19.1 Å². The standard InChI is InChI=1S/C12H26O2.C2N2/c1-5-9-10-11(6-2)12(13-7-3)14-8-4;3-1-2-4/h11-12H,5-10H2,1-4H3;. The Morgan fingerprint density at radius 2 is 1.44 bits per heavy atom. The summed E-state index contributed by atoms with van der Waals surface area (Å²) < 4.78 is 11.2. The SMILES string of the molecule is CCCCC(CC)C(OCC)OCC.N#CC#N. The molecule has 0 aromatic heterocycles. The van der Waals surface area contributed by atoms with E-state index < -0.39 is 0 Å². The highest BCUT2D eigenvalue weighted by Crippen LogP contribution is 2.20. The van der Waals surface area contributed by atoms with E-state index in [2.05, 4.69) is 13.8 Å². The average Bonchev–Trinajstić information content (AvgIpc) is 2.40. The average molecular weight is 254 g/mol. The Kier molecular flexibility index (Phi) is 17.0. The van der Waals surface area contributed by atoms with Crippen LogP contribution < -0.4 is 0 Å². The van der Waals surface area contributed by atoms with Crippen molar-refractivity contribution in [3.63, 3.8) is 0 Å². The monoisotopic (exact) mass is 254 g/mol. The summed E-state index contributed by atoms with van der Waals surface area (Å²) in [5.74, 6) is 0.565. The second-order valence-electron chi connectivity index (χ2n) is 3.81. The molecule has 0 aromatic carbocycles. The van der Waals surface area contributed by atoms with Gasteiger partial charge in [-0.2, -0.15) is 10.5 Å². The normalized spacial score (nSPS) is 11.1. The lowest BCUT2D eigenvalue weighted by Crippen LogP contribution is -2.27. The fraction of sp³-hybridized carbons (Fsp3) is 0.857. The van der Waals surface area contributed by atoms with Gasteiger partial charge in [-0.3, -0.25) is 0 Å². The van der Waals surface area contributed by atoms with Crippen LogP contribution >= 0.6 is 0 Å². The number of unbranched alkanes of at least 4 members (excludes halogenated alkanes) is 1. The molecule has 0 rings (SSSR count). The van der Waals surface area contributed by atoms with Gasteiger partial charge in [-0.1, -0.05) is 26.7 Å². The molecule has 0 radical (unpaired) electrons. The molecule has 0 aromatic rings. The van der Waals surface area contributed by atoms with E-state index in [4.69, 9.17) is 20.0 Å². The largest absolute Gasteiger partial charge is 0.353 e. The van der Waals surface area contributed by atoms with Crippen molar-refractivity contribution in [3.8, 4) is 12.1 Å². The Bertz CT molecular complexity index is 225. The predicted octanol–water partition coefficient (Wildman–Crippen LogP) is 3.64. The Balaban J connectivity index is 0. The molecule has 4 nitrogen and oxygen atoms in total. The van der Waals surface area contributed by atoms with Gasteiger partial charge in [-0.15, -0.1) is 0 Å². The molecule has 0 aliphatic rings. The van der Waals surface area contributed by atoms with E-state index in [0.29, 0.717) is 5.92 Å². The lowest BCUT2D eigenvalue weighted by molar-refractivity contribution is -0.169. The predicted molar refractivity (Wildman–Crippen MR) is 71.6 cm³/mol. The van der Waals surface area contributed by atoms with Gasteiger partial charge in [-0.25, -0.2) is 0 Å². The molecule has 0 heterocycles. The van der Waals surface area contributed by atoms with Crippen LogP contribution in [0.4, 0.5) is 0 Å². The number of ether oxygens (including phenoxy) is 2. The van der Waals surface area contributed by atoms with Crippen LogP contribution in [-0.4, -0.2) is 19.5 Å². The van der Waals surface area contributed by atoms with Crippen LogP contribution in [0, 0.1) is 28.6 Å². The first-order chi connectivity index (χ1) is 8.71. The van der Waals surface area contributed by atoms with Crippen molar-refractivity contribution in [2.24, 2.45) is 5.92 Å². The highest BCUT2D eigenvalue weighted by Gasteiger charge is 2.19. The fourth-order valence-corrected chi connectivity index (χ4v) is 1.65. The molecule has 1 unspecified atom stereocenters. The number of hydrogen-bond acceptors (Lipinski definition) is 4. The van der Waals surface area contributed by atoms with Crippen LogP contribution in [0.2, 0.25) is 0 Å². The van der Waals surface area contributed by atoms with Gasteiger partial charge in [0.2, 0.25) is 0 Å². The Hall–Kier alpha value is -1.10. The van der Waals surface area contributed by atoms with Crippen molar-refractivity contribution in [1.29, 1.82) is 10.5 Å². The third-order valence-corrected chi connectivity index (χ3v) is 2.55. The first-order valence-electron chi connectivity index (χ1n) is 6.72. The van der Waals surface area contributed by atoms with E-state index in [9.17, 15) is 0 Å². The van der Waals surface area contributed by atoms with Gasteiger partial charge < -0.3 is 9.47 Å². The molecule has 4 heteroatoms. The second kappa shape index (κ2) is 15.9. The Morgan fingerprint density at radius 1 is 0.944 bits per heavy atom. The highest BCUT2D eigenvalue weighted by molar-refractivity contribution is 4.99. The third-order valence-electron chi connectivity index (χ3n) is 2.55. The summed E-state index contributed by atoms with van der Waals surface area (Å²) >= 11 is 0. The molecule has 0 N–H and O–H groups in total. The smallest absolute Gasteiger partial charge is 0.181 e. The summed E-state index contributed by atoms with van der Waals surface area (Å²) in [4.78, 5) is 0. The van der Waals surface area contributed by atoms with E-state index in [1.807, 2.05) is 13.8 Å². The number of rotatable bonds is 9. The molecule has 0 spiro atoms. The van der Waals surface area contributed by atoms with Crippen LogP contribution in [-0.2, 0) is 9.47 Å². The summed E-state index contributed by atoms with van der Waals surface area (Å²) in [6.45, 7) is 9.98. The molecule has 104 valence electrons. The van der Waals surface area contributed by atoms with Gasteiger partial charge >= 0.3 is 0 Å². The molecular weight excluding hydrogens is 228 g/mol. The molecule has 1 atom stereocenters. The van der Waals surface area contributed by atoms with E-state index in [1.165, 1.54) is 31.4 Å². The summed E-state index contributed by atoms with van der Waals surface area (Å²) in [7, 11) is 0. The maximum absolute atomic E-state index is 7.26. The molecule has 0 aliphatic carbocycles. The Labute approximate surface area is 112 Å². The van der Waals surface area contributed by atoms with E-state index in [1.54, 1.807) is 0 Å². The summed E-state index contributed by atoms with van der Waals surface area (Å²) in [6, 6.07) is 2.47. The number of hydrogen-bond donors (Lipinski definition) is 0. The molecule has 0 amide bonds. The first kappa shape index (κ1) is 19.2. The molecule has 0 bridgehead atoms. The summed E-state index contributed by atoms with van der Waals surface area (Å²) in [6.07, 6.45) is 4.90. The van der Waals surface area contributed by atoms with Crippen LogP contribution in [0.25, 0.3) is 0 Å². The summed E-state index contributed by atoms with van der Waals surface area (Å²) in [5, 5.41) is 14.5. The van der Waals surface area contributed by atoms with E-state index in [-0.39, 0.29) is 6.29 Å². The quantitative estimate of drug-likeness (QED) is 0.589. The minimum absolute atomic E-state index is 0.0153. The van der Waals surface area contributed by atoms with Crippen LogP contribution in [0.5, 0.6) is 0 Å². The zero-order valence-electron chi connectivity index (χ0n) is 12.1. The maximum Gasteiger partial charge on any atom is 0.181 e. The Morgan fingerprint density at radius 3 is 1.72 bits per heavy atom. The maximum atomic E-state index is 7.26. The van der Waals surface area contributed by atoms with Gasteiger partial charge in [0.25, 0.3) is 0 Å². The lowest BCUT2D eigenvalue weighted by Gasteiger charge is -2.25. The number of nitriles is 2. The van der Waals surface area contributed by atoms with Crippen molar-refractivity contribution >= 4 is 0 Å². The fourth-order valence-electron chi connectivity index (χ4n) is 1.65. The zero-order valence-corrected chi connectivity index (χ0v) is 12.1. The van der Waals surface area contributed by atoms with Gasteiger partial charge in [0.05, 0.1) is 0 Å². The topological polar surface area (TPSA) is 66.0 Å². The van der Waals surface area contributed by atoms with Gasteiger partial charge in [0.1, 0.15) is 0 Å². The van der Waals surface area contributed by atoms with Crippen molar-refractivity contribution < 1.29 is 9.47 Å². The minimum Gasteiger partial charge on any atom is -0.353 e.